The summed E-state index contributed by atoms with van der Waals surface area (Å²) in [6, 6.07) is 7.51. The van der Waals surface area contributed by atoms with Gasteiger partial charge in [0.2, 0.25) is 0 Å². The number of ether oxygens (including phenoxy) is 1. The number of methoxy groups -OCH3 is 1. The van der Waals surface area contributed by atoms with Crippen molar-refractivity contribution >= 4 is 11.9 Å². The fourth-order valence-corrected chi connectivity index (χ4v) is 2.01. The van der Waals surface area contributed by atoms with E-state index < -0.39 is 11.9 Å². The molecule has 7 heteroatoms. The highest BCUT2D eigenvalue weighted by molar-refractivity contribution is 6.03. The number of aryl methyl sites for hydroxylation is 1. The van der Waals surface area contributed by atoms with Crippen LogP contribution in [0.15, 0.2) is 30.5 Å². The molecule has 0 saturated carbocycles. The van der Waals surface area contributed by atoms with Crippen LogP contribution >= 0.6 is 0 Å². The molecule has 0 aliphatic heterocycles. The number of benzene rings is 1. The first kappa shape index (κ1) is 15.6. The molecule has 0 atom stereocenters. The van der Waals surface area contributed by atoms with Gasteiger partial charge in [-0.1, -0.05) is 12.1 Å². The molecule has 1 amide bonds. The topological polar surface area (TPSA) is 93.5 Å². The predicted octanol–water partition coefficient (Wildman–Crippen LogP) is 1.10. The van der Waals surface area contributed by atoms with Crippen molar-refractivity contribution in [3.8, 4) is 5.75 Å². The minimum absolute atomic E-state index is 0.0790. The molecule has 0 aliphatic rings. The zero-order valence-electron chi connectivity index (χ0n) is 12.4. The molecule has 7 nitrogen and oxygen atoms in total. The Balaban J connectivity index is 1.94. The van der Waals surface area contributed by atoms with Crippen LogP contribution in [0.3, 0.4) is 0 Å². The number of hydrogen-bond donors (Lipinski definition) is 2. The summed E-state index contributed by atoms with van der Waals surface area (Å²) in [6.45, 7) is 0.390. The number of nitrogens with zero attached hydrogens (tertiary/aromatic N) is 2. The highest BCUT2D eigenvalue weighted by atomic mass is 16.5. The summed E-state index contributed by atoms with van der Waals surface area (Å²) in [5.41, 5.74) is 0.856. The van der Waals surface area contributed by atoms with Crippen LogP contribution in [-0.2, 0) is 13.5 Å². The van der Waals surface area contributed by atoms with E-state index in [9.17, 15) is 9.59 Å². The maximum atomic E-state index is 12.0. The molecule has 0 spiro atoms. The predicted molar refractivity (Wildman–Crippen MR) is 79.2 cm³/mol. The molecule has 22 heavy (non-hydrogen) atoms. The molecular formula is C15H17N3O4. The fraction of sp³-hybridized carbons (Fsp3) is 0.267. The van der Waals surface area contributed by atoms with Crippen molar-refractivity contribution < 1.29 is 19.4 Å². The summed E-state index contributed by atoms with van der Waals surface area (Å²) in [4.78, 5) is 23.1. The number of rotatable bonds is 6. The Labute approximate surface area is 127 Å². The average molecular weight is 303 g/mol. The van der Waals surface area contributed by atoms with Crippen LogP contribution in [0.4, 0.5) is 0 Å². The van der Waals surface area contributed by atoms with Crippen molar-refractivity contribution in [3.63, 3.8) is 0 Å². The Kier molecular flexibility index (Phi) is 4.77. The third kappa shape index (κ3) is 3.63. The number of aromatic nitrogens is 2. The van der Waals surface area contributed by atoms with Gasteiger partial charge < -0.3 is 15.2 Å². The Morgan fingerprint density at radius 2 is 2.00 bits per heavy atom. The largest absolute Gasteiger partial charge is 0.497 e. The summed E-state index contributed by atoms with van der Waals surface area (Å²) in [6.07, 6.45) is 1.94. The van der Waals surface area contributed by atoms with E-state index in [1.807, 2.05) is 24.3 Å². The standard InChI is InChI=1S/C15H17N3O4/c1-18-9-12(15(20)21)13(17-18)14(19)16-8-7-10-3-5-11(22-2)6-4-10/h3-6,9H,7-8H2,1-2H3,(H,16,19)(H,20,21). The molecule has 2 aromatic rings. The van der Waals surface area contributed by atoms with Crippen LogP contribution in [0.25, 0.3) is 0 Å². The van der Waals surface area contributed by atoms with Gasteiger partial charge in [-0.15, -0.1) is 0 Å². The summed E-state index contributed by atoms with van der Waals surface area (Å²) < 4.78 is 6.38. The van der Waals surface area contributed by atoms with Crippen LogP contribution in [0, 0.1) is 0 Å². The van der Waals surface area contributed by atoms with Crippen molar-refractivity contribution in [2.75, 3.05) is 13.7 Å². The molecule has 0 unspecified atom stereocenters. The van der Waals surface area contributed by atoms with Crippen molar-refractivity contribution in [2.24, 2.45) is 7.05 Å². The van der Waals surface area contributed by atoms with Gasteiger partial charge in [-0.05, 0) is 24.1 Å². The second-order valence-electron chi connectivity index (χ2n) is 4.72. The molecule has 0 aliphatic carbocycles. The summed E-state index contributed by atoms with van der Waals surface area (Å²) in [5.74, 6) is -0.896. The van der Waals surface area contributed by atoms with Gasteiger partial charge in [0.05, 0.1) is 7.11 Å². The normalized spacial score (nSPS) is 10.3. The third-order valence-electron chi connectivity index (χ3n) is 3.13. The van der Waals surface area contributed by atoms with Gasteiger partial charge in [-0.25, -0.2) is 4.79 Å². The number of carboxylic acids is 1. The quantitative estimate of drug-likeness (QED) is 0.833. The molecule has 116 valence electrons. The summed E-state index contributed by atoms with van der Waals surface area (Å²) >= 11 is 0. The number of carboxylic acid groups (broad SMARTS) is 1. The van der Waals surface area contributed by atoms with Gasteiger partial charge in [0.1, 0.15) is 11.3 Å². The molecule has 1 aromatic heterocycles. The van der Waals surface area contributed by atoms with Gasteiger partial charge in [0, 0.05) is 19.8 Å². The number of nitrogens with one attached hydrogen (secondary N) is 1. The third-order valence-corrected chi connectivity index (χ3v) is 3.13. The number of carbonyl (C=O) groups excluding carboxylic acids is 1. The Morgan fingerprint density at radius 3 is 2.59 bits per heavy atom. The molecular weight excluding hydrogens is 286 g/mol. The van der Waals surface area contributed by atoms with Crippen LogP contribution in [-0.4, -0.2) is 40.4 Å². The first-order valence-electron chi connectivity index (χ1n) is 6.69. The van der Waals surface area contributed by atoms with E-state index in [2.05, 4.69) is 10.4 Å². The van der Waals surface area contributed by atoms with E-state index >= 15 is 0 Å². The SMILES string of the molecule is COc1ccc(CCNC(=O)c2nn(C)cc2C(=O)O)cc1. The van der Waals surface area contributed by atoms with E-state index in [-0.39, 0.29) is 11.3 Å². The molecule has 2 rings (SSSR count). The molecule has 0 fully saturated rings. The molecule has 0 bridgehead atoms. The van der Waals surface area contributed by atoms with Crippen molar-refractivity contribution in [1.29, 1.82) is 0 Å². The lowest BCUT2D eigenvalue weighted by atomic mass is 10.1. The number of amides is 1. The Hall–Kier alpha value is -2.83. The monoisotopic (exact) mass is 303 g/mol. The summed E-state index contributed by atoms with van der Waals surface area (Å²) in [7, 11) is 3.17. The Bertz CT molecular complexity index is 677. The first-order valence-corrected chi connectivity index (χ1v) is 6.69. The van der Waals surface area contributed by atoms with Gasteiger partial charge >= 0.3 is 5.97 Å². The number of carbonyl (C=O) groups is 2. The van der Waals surface area contributed by atoms with E-state index in [1.165, 1.54) is 10.9 Å². The van der Waals surface area contributed by atoms with Gasteiger partial charge in [-0.3, -0.25) is 9.48 Å². The number of hydrogen-bond acceptors (Lipinski definition) is 4. The fourth-order valence-electron chi connectivity index (χ4n) is 2.01. The van der Waals surface area contributed by atoms with E-state index in [0.29, 0.717) is 13.0 Å². The lowest BCUT2D eigenvalue weighted by molar-refractivity contribution is 0.0691. The molecule has 2 N–H and O–H groups in total. The minimum atomic E-state index is -1.17. The van der Waals surface area contributed by atoms with E-state index in [0.717, 1.165) is 11.3 Å². The second-order valence-corrected chi connectivity index (χ2v) is 4.72. The van der Waals surface area contributed by atoms with Gasteiger partial charge in [0.25, 0.3) is 5.91 Å². The summed E-state index contributed by atoms with van der Waals surface area (Å²) in [5, 5.41) is 15.6. The van der Waals surface area contributed by atoms with Crippen molar-refractivity contribution in [3.05, 3.63) is 47.3 Å². The molecule has 1 heterocycles. The number of aromatic carboxylic acids is 1. The smallest absolute Gasteiger partial charge is 0.339 e. The van der Waals surface area contributed by atoms with Crippen LogP contribution < -0.4 is 10.1 Å². The Morgan fingerprint density at radius 1 is 1.32 bits per heavy atom. The average Bonchev–Trinajstić information content (AvgIpc) is 2.90. The van der Waals surface area contributed by atoms with E-state index in [4.69, 9.17) is 9.84 Å². The van der Waals surface area contributed by atoms with E-state index in [1.54, 1.807) is 14.2 Å². The molecule has 0 saturated heterocycles. The van der Waals surface area contributed by atoms with Gasteiger partial charge in [0.15, 0.2) is 5.69 Å². The maximum Gasteiger partial charge on any atom is 0.339 e. The zero-order chi connectivity index (χ0) is 16.1. The minimum Gasteiger partial charge on any atom is -0.497 e. The van der Waals surface area contributed by atoms with Crippen LogP contribution in [0.5, 0.6) is 5.75 Å². The van der Waals surface area contributed by atoms with Crippen LogP contribution in [0.1, 0.15) is 26.4 Å². The van der Waals surface area contributed by atoms with Crippen molar-refractivity contribution in [1.82, 2.24) is 15.1 Å². The highest BCUT2D eigenvalue weighted by Gasteiger charge is 2.20. The zero-order valence-corrected chi connectivity index (χ0v) is 12.4. The molecule has 1 aromatic carbocycles. The first-order chi connectivity index (χ1) is 10.5. The van der Waals surface area contributed by atoms with Crippen LogP contribution in [0.2, 0.25) is 0 Å². The van der Waals surface area contributed by atoms with Crippen molar-refractivity contribution in [2.45, 2.75) is 6.42 Å². The lowest BCUT2D eigenvalue weighted by Crippen LogP contribution is -2.27. The highest BCUT2D eigenvalue weighted by Crippen LogP contribution is 2.11. The van der Waals surface area contributed by atoms with Gasteiger partial charge in [-0.2, -0.15) is 5.10 Å². The lowest BCUT2D eigenvalue weighted by Gasteiger charge is -2.05. The molecule has 0 radical (unpaired) electrons. The maximum absolute atomic E-state index is 12.0. The second kappa shape index (κ2) is 6.75.